The normalized spacial score (nSPS) is 25.7. The van der Waals surface area contributed by atoms with Crippen LogP contribution >= 0.6 is 0 Å². The molecule has 3 heteroatoms. The minimum absolute atomic E-state index is 0.370. The molecule has 0 spiro atoms. The van der Waals surface area contributed by atoms with E-state index in [9.17, 15) is 4.79 Å². The largest absolute Gasteiger partial charge is 0.481 e. The van der Waals surface area contributed by atoms with Gasteiger partial charge < -0.3 is 10.4 Å². The monoisotopic (exact) mass is 185 g/mol. The van der Waals surface area contributed by atoms with Crippen molar-refractivity contribution in [2.75, 3.05) is 6.54 Å². The minimum atomic E-state index is -0.738. The fourth-order valence-electron chi connectivity index (χ4n) is 1.27. The van der Waals surface area contributed by atoms with Crippen LogP contribution in [0.15, 0.2) is 0 Å². The molecule has 13 heavy (non-hydrogen) atoms. The van der Waals surface area contributed by atoms with Gasteiger partial charge in [0, 0.05) is 12.6 Å². The summed E-state index contributed by atoms with van der Waals surface area (Å²) in [6.07, 6.45) is 1.16. The smallest absolute Gasteiger partial charge is 0.310 e. The number of hydrogen-bond donors (Lipinski definition) is 2. The molecule has 1 saturated carbocycles. The number of hydrogen-bond acceptors (Lipinski definition) is 2. The maximum Gasteiger partial charge on any atom is 0.310 e. The van der Waals surface area contributed by atoms with Crippen molar-refractivity contribution in [3.8, 4) is 0 Å². The van der Waals surface area contributed by atoms with E-state index >= 15 is 0 Å². The van der Waals surface area contributed by atoms with E-state index in [0.29, 0.717) is 18.0 Å². The zero-order valence-corrected chi connectivity index (χ0v) is 8.85. The van der Waals surface area contributed by atoms with Crippen molar-refractivity contribution in [1.82, 2.24) is 5.32 Å². The number of carboxylic acid groups (broad SMARTS) is 1. The summed E-state index contributed by atoms with van der Waals surface area (Å²) in [6.45, 7) is 8.43. The van der Waals surface area contributed by atoms with Crippen LogP contribution in [0.2, 0.25) is 0 Å². The molecule has 0 aliphatic heterocycles. The summed E-state index contributed by atoms with van der Waals surface area (Å²) in [5, 5.41) is 12.2. The maximum absolute atomic E-state index is 10.8. The molecule has 0 heterocycles. The summed E-state index contributed by atoms with van der Waals surface area (Å²) in [5.74, 6) is -0.738. The zero-order chi connectivity index (χ0) is 10.3. The Labute approximate surface area is 79.5 Å². The van der Waals surface area contributed by atoms with Crippen molar-refractivity contribution < 1.29 is 9.90 Å². The lowest BCUT2D eigenvalue weighted by Crippen LogP contribution is -2.37. The van der Waals surface area contributed by atoms with Crippen LogP contribution in [0.3, 0.4) is 0 Å². The fourth-order valence-corrected chi connectivity index (χ4v) is 1.27. The molecule has 1 rings (SSSR count). The van der Waals surface area contributed by atoms with Crippen molar-refractivity contribution in [2.24, 2.45) is 10.8 Å². The molecule has 1 aliphatic carbocycles. The summed E-state index contributed by atoms with van der Waals surface area (Å²) in [7, 11) is 0. The van der Waals surface area contributed by atoms with E-state index in [1.54, 1.807) is 13.8 Å². The van der Waals surface area contributed by atoms with E-state index in [0.717, 1.165) is 6.42 Å². The van der Waals surface area contributed by atoms with Crippen molar-refractivity contribution in [2.45, 2.75) is 40.2 Å². The summed E-state index contributed by atoms with van der Waals surface area (Å²) in [4.78, 5) is 10.8. The second-order valence-corrected chi connectivity index (χ2v) is 5.32. The molecule has 76 valence electrons. The second kappa shape index (κ2) is 2.98. The molecular weight excluding hydrogens is 166 g/mol. The molecule has 1 fully saturated rings. The first kappa shape index (κ1) is 10.5. The third kappa shape index (κ3) is 2.44. The van der Waals surface area contributed by atoms with Gasteiger partial charge in [0.25, 0.3) is 0 Å². The third-order valence-electron chi connectivity index (χ3n) is 2.88. The second-order valence-electron chi connectivity index (χ2n) is 5.32. The average Bonchev–Trinajstić information content (AvgIpc) is 2.55. The first-order valence-electron chi connectivity index (χ1n) is 4.72. The van der Waals surface area contributed by atoms with Crippen LogP contribution in [-0.2, 0) is 4.79 Å². The first-order chi connectivity index (χ1) is 5.76. The summed E-state index contributed by atoms with van der Waals surface area (Å²) in [5.41, 5.74) is -0.284. The third-order valence-corrected chi connectivity index (χ3v) is 2.88. The molecule has 0 saturated heterocycles. The Balaban J connectivity index is 2.31. The van der Waals surface area contributed by atoms with Gasteiger partial charge in [-0.3, -0.25) is 4.79 Å². The lowest BCUT2D eigenvalue weighted by atomic mass is 9.94. The lowest BCUT2D eigenvalue weighted by Gasteiger charge is -2.20. The van der Waals surface area contributed by atoms with Crippen molar-refractivity contribution in [1.29, 1.82) is 0 Å². The minimum Gasteiger partial charge on any atom is -0.481 e. The van der Waals surface area contributed by atoms with Gasteiger partial charge in [-0.2, -0.15) is 0 Å². The zero-order valence-electron chi connectivity index (χ0n) is 8.85. The van der Waals surface area contributed by atoms with Crippen molar-refractivity contribution in [3.05, 3.63) is 0 Å². The van der Waals surface area contributed by atoms with Crippen LogP contribution in [-0.4, -0.2) is 23.7 Å². The average molecular weight is 185 g/mol. The molecule has 0 aromatic heterocycles. The number of carbonyl (C=O) groups is 1. The van der Waals surface area contributed by atoms with E-state index in [2.05, 4.69) is 19.2 Å². The van der Waals surface area contributed by atoms with Crippen LogP contribution < -0.4 is 5.32 Å². The van der Waals surface area contributed by atoms with Gasteiger partial charge in [0.2, 0.25) is 0 Å². The van der Waals surface area contributed by atoms with Crippen LogP contribution in [0.5, 0.6) is 0 Å². The highest BCUT2D eigenvalue weighted by Crippen LogP contribution is 2.44. The van der Waals surface area contributed by atoms with Gasteiger partial charge in [-0.15, -0.1) is 0 Å². The van der Waals surface area contributed by atoms with Gasteiger partial charge in [0.15, 0.2) is 0 Å². The molecule has 0 bridgehead atoms. The topological polar surface area (TPSA) is 49.3 Å². The molecule has 0 amide bonds. The van der Waals surface area contributed by atoms with Crippen LogP contribution in [0.25, 0.3) is 0 Å². The Morgan fingerprint density at radius 1 is 1.62 bits per heavy atom. The van der Waals surface area contributed by atoms with Gasteiger partial charge in [-0.1, -0.05) is 13.8 Å². The molecule has 0 radical (unpaired) electrons. The Bertz CT molecular complexity index is 221. The molecule has 1 aliphatic rings. The highest BCUT2D eigenvalue weighted by atomic mass is 16.4. The molecule has 2 N–H and O–H groups in total. The quantitative estimate of drug-likeness (QED) is 0.697. The maximum atomic E-state index is 10.8. The van der Waals surface area contributed by atoms with Crippen LogP contribution in [0.4, 0.5) is 0 Å². The molecule has 1 unspecified atom stereocenters. The highest BCUT2D eigenvalue weighted by Gasteiger charge is 2.46. The van der Waals surface area contributed by atoms with Gasteiger partial charge in [0.05, 0.1) is 5.41 Å². The standard InChI is InChI=1S/C10H19NO2/c1-9(2)5-7(9)11-6-10(3,4)8(12)13/h7,11H,5-6H2,1-4H3,(H,12,13). The Kier molecular flexibility index (Phi) is 2.41. The molecular formula is C10H19NO2. The van der Waals surface area contributed by atoms with Gasteiger partial charge in [-0.25, -0.2) is 0 Å². The molecule has 0 aromatic carbocycles. The fraction of sp³-hybridized carbons (Fsp3) is 0.900. The van der Waals surface area contributed by atoms with E-state index < -0.39 is 11.4 Å². The molecule has 1 atom stereocenters. The van der Waals surface area contributed by atoms with Crippen LogP contribution in [0, 0.1) is 10.8 Å². The Hall–Kier alpha value is -0.570. The van der Waals surface area contributed by atoms with E-state index in [1.807, 2.05) is 0 Å². The Morgan fingerprint density at radius 2 is 2.08 bits per heavy atom. The predicted molar refractivity (Wildman–Crippen MR) is 51.6 cm³/mol. The first-order valence-corrected chi connectivity index (χ1v) is 4.72. The SMILES string of the molecule is CC(C)(CNC1CC1(C)C)C(=O)O. The van der Waals surface area contributed by atoms with E-state index in [-0.39, 0.29) is 0 Å². The summed E-state index contributed by atoms with van der Waals surface area (Å²) >= 11 is 0. The van der Waals surface area contributed by atoms with Crippen LogP contribution in [0.1, 0.15) is 34.1 Å². The highest BCUT2D eigenvalue weighted by molar-refractivity contribution is 5.73. The van der Waals surface area contributed by atoms with Gasteiger partial charge in [-0.05, 0) is 25.7 Å². The predicted octanol–water partition coefficient (Wildman–Crippen LogP) is 1.49. The van der Waals surface area contributed by atoms with Crippen molar-refractivity contribution >= 4 is 5.97 Å². The summed E-state index contributed by atoms with van der Waals surface area (Å²) in [6, 6.07) is 0.506. The molecule has 3 nitrogen and oxygen atoms in total. The molecule has 0 aromatic rings. The number of rotatable bonds is 4. The van der Waals surface area contributed by atoms with E-state index in [1.165, 1.54) is 0 Å². The van der Waals surface area contributed by atoms with E-state index in [4.69, 9.17) is 5.11 Å². The number of nitrogens with one attached hydrogen (secondary N) is 1. The number of aliphatic carboxylic acids is 1. The number of carboxylic acids is 1. The van der Waals surface area contributed by atoms with Gasteiger partial charge in [0.1, 0.15) is 0 Å². The van der Waals surface area contributed by atoms with Gasteiger partial charge >= 0.3 is 5.97 Å². The summed E-state index contributed by atoms with van der Waals surface area (Å²) < 4.78 is 0. The van der Waals surface area contributed by atoms with Crippen molar-refractivity contribution in [3.63, 3.8) is 0 Å². The lowest BCUT2D eigenvalue weighted by molar-refractivity contribution is -0.146. The Morgan fingerprint density at radius 3 is 2.38 bits per heavy atom.